The van der Waals surface area contributed by atoms with Gasteiger partial charge in [0.05, 0.1) is 6.54 Å². The summed E-state index contributed by atoms with van der Waals surface area (Å²) in [6, 6.07) is 9.93. The second-order valence-electron chi connectivity index (χ2n) is 3.50. The van der Waals surface area contributed by atoms with E-state index in [1.54, 1.807) is 17.4 Å². The molecule has 2 aromatic rings. The first-order valence-corrected chi connectivity index (χ1v) is 5.93. The van der Waals surface area contributed by atoms with Gasteiger partial charge < -0.3 is 9.73 Å². The van der Waals surface area contributed by atoms with Gasteiger partial charge in [0.15, 0.2) is 0 Å². The number of nitrogens with one attached hydrogen (secondary N) is 1. The first-order chi connectivity index (χ1) is 7.79. The molecule has 2 rings (SSSR count). The maximum Gasteiger partial charge on any atom is 0.203 e. The molecule has 0 amide bonds. The quantitative estimate of drug-likeness (QED) is 0.881. The van der Waals surface area contributed by atoms with Crippen LogP contribution in [0.15, 0.2) is 34.1 Å². The molecule has 0 unspecified atom stereocenters. The Hall–Kier alpha value is -1.57. The third-order valence-electron chi connectivity index (χ3n) is 2.32. The summed E-state index contributed by atoms with van der Waals surface area (Å²) in [6.45, 7) is 2.75. The van der Waals surface area contributed by atoms with Crippen molar-refractivity contribution in [3.63, 3.8) is 0 Å². The zero-order chi connectivity index (χ0) is 11.4. The van der Waals surface area contributed by atoms with E-state index >= 15 is 0 Å². The van der Waals surface area contributed by atoms with Gasteiger partial charge in [-0.2, -0.15) is 5.26 Å². The van der Waals surface area contributed by atoms with E-state index in [1.165, 1.54) is 4.88 Å². The van der Waals surface area contributed by atoms with E-state index in [0.717, 1.165) is 5.76 Å². The molecule has 1 N–H and O–H groups in total. The minimum Gasteiger partial charge on any atom is -0.449 e. The SMILES string of the molecule is C[C@H](NCc1ccc(C#N)o1)c1cccs1. The Morgan fingerprint density at radius 3 is 3.00 bits per heavy atom. The van der Waals surface area contributed by atoms with E-state index in [9.17, 15) is 0 Å². The molecule has 2 heterocycles. The smallest absolute Gasteiger partial charge is 0.203 e. The lowest BCUT2D eigenvalue weighted by atomic mass is 10.2. The lowest BCUT2D eigenvalue weighted by Gasteiger charge is -2.10. The van der Waals surface area contributed by atoms with Gasteiger partial charge in [0.2, 0.25) is 5.76 Å². The molecular weight excluding hydrogens is 220 g/mol. The van der Waals surface area contributed by atoms with Crippen LogP contribution in [0.3, 0.4) is 0 Å². The summed E-state index contributed by atoms with van der Waals surface area (Å²) >= 11 is 1.73. The van der Waals surface area contributed by atoms with Gasteiger partial charge >= 0.3 is 0 Å². The van der Waals surface area contributed by atoms with E-state index < -0.39 is 0 Å². The minimum absolute atomic E-state index is 0.302. The fourth-order valence-corrected chi connectivity index (χ4v) is 2.18. The van der Waals surface area contributed by atoms with Gasteiger partial charge in [0, 0.05) is 10.9 Å². The fourth-order valence-electron chi connectivity index (χ4n) is 1.42. The number of rotatable bonds is 4. The van der Waals surface area contributed by atoms with Gasteiger partial charge in [-0.3, -0.25) is 0 Å². The summed E-state index contributed by atoms with van der Waals surface area (Å²) in [5.74, 6) is 1.15. The van der Waals surface area contributed by atoms with Gasteiger partial charge in [0.25, 0.3) is 0 Å². The van der Waals surface area contributed by atoms with Crippen molar-refractivity contribution in [2.45, 2.75) is 19.5 Å². The largest absolute Gasteiger partial charge is 0.449 e. The highest BCUT2D eigenvalue weighted by Crippen LogP contribution is 2.18. The van der Waals surface area contributed by atoms with Crippen molar-refractivity contribution in [2.24, 2.45) is 0 Å². The van der Waals surface area contributed by atoms with E-state index in [2.05, 4.69) is 23.7 Å². The van der Waals surface area contributed by atoms with Gasteiger partial charge in [-0.1, -0.05) is 6.07 Å². The molecule has 0 aromatic carbocycles. The Morgan fingerprint density at radius 2 is 2.38 bits per heavy atom. The van der Waals surface area contributed by atoms with Crippen LogP contribution in [-0.4, -0.2) is 0 Å². The molecule has 0 aliphatic rings. The lowest BCUT2D eigenvalue weighted by molar-refractivity contribution is 0.455. The molecule has 0 radical (unpaired) electrons. The third-order valence-corrected chi connectivity index (χ3v) is 3.38. The Kier molecular flexibility index (Phi) is 3.40. The predicted molar refractivity (Wildman–Crippen MR) is 63.0 cm³/mol. The van der Waals surface area contributed by atoms with Crippen molar-refractivity contribution in [3.8, 4) is 6.07 Å². The highest BCUT2D eigenvalue weighted by Gasteiger charge is 2.07. The molecule has 0 bridgehead atoms. The average Bonchev–Trinajstić information content (AvgIpc) is 2.96. The third kappa shape index (κ3) is 2.51. The van der Waals surface area contributed by atoms with Crippen LogP contribution in [0, 0.1) is 11.3 Å². The minimum atomic E-state index is 0.302. The fraction of sp³-hybridized carbons (Fsp3) is 0.250. The number of thiophene rings is 1. The molecular formula is C12H12N2OS. The standard InChI is InChI=1S/C12H12N2OS/c1-9(12-3-2-6-16-12)14-8-11-5-4-10(7-13)15-11/h2-6,9,14H,8H2,1H3/t9-/m0/s1. The summed E-state index contributed by atoms with van der Waals surface area (Å²) in [7, 11) is 0. The van der Waals surface area contributed by atoms with Gasteiger partial charge in [0.1, 0.15) is 11.8 Å². The summed E-state index contributed by atoms with van der Waals surface area (Å²) in [5.41, 5.74) is 0. The van der Waals surface area contributed by atoms with Gasteiger partial charge in [-0.25, -0.2) is 0 Å². The van der Waals surface area contributed by atoms with Crippen molar-refractivity contribution < 1.29 is 4.42 Å². The summed E-state index contributed by atoms with van der Waals surface area (Å²) < 4.78 is 5.28. The molecule has 0 aliphatic carbocycles. The van der Waals surface area contributed by atoms with Crippen LogP contribution in [-0.2, 0) is 6.54 Å². The number of nitrogens with zero attached hydrogens (tertiary/aromatic N) is 1. The van der Waals surface area contributed by atoms with E-state index in [1.807, 2.05) is 18.2 Å². The van der Waals surface area contributed by atoms with Gasteiger partial charge in [-0.15, -0.1) is 11.3 Å². The zero-order valence-electron chi connectivity index (χ0n) is 8.93. The predicted octanol–water partition coefficient (Wildman–Crippen LogP) is 3.06. The van der Waals surface area contributed by atoms with Crippen molar-refractivity contribution in [2.75, 3.05) is 0 Å². The molecule has 0 aliphatic heterocycles. The van der Waals surface area contributed by atoms with Crippen molar-refractivity contribution in [1.82, 2.24) is 5.32 Å². The van der Waals surface area contributed by atoms with Crippen molar-refractivity contribution in [3.05, 3.63) is 46.0 Å². The maximum atomic E-state index is 8.62. The molecule has 1 atom stereocenters. The summed E-state index contributed by atoms with van der Waals surface area (Å²) in [5, 5.41) is 14.0. The highest BCUT2D eigenvalue weighted by molar-refractivity contribution is 7.10. The zero-order valence-corrected chi connectivity index (χ0v) is 9.75. The Labute approximate surface area is 98.3 Å². The second-order valence-corrected chi connectivity index (χ2v) is 4.48. The molecule has 0 saturated heterocycles. The van der Waals surface area contributed by atoms with Crippen LogP contribution < -0.4 is 5.32 Å². The average molecular weight is 232 g/mol. The number of nitriles is 1. The monoisotopic (exact) mass is 232 g/mol. The lowest BCUT2D eigenvalue weighted by Crippen LogP contribution is -2.16. The number of hydrogen-bond acceptors (Lipinski definition) is 4. The van der Waals surface area contributed by atoms with E-state index in [0.29, 0.717) is 18.3 Å². The molecule has 0 saturated carbocycles. The molecule has 0 spiro atoms. The molecule has 3 nitrogen and oxygen atoms in total. The molecule has 4 heteroatoms. The maximum absolute atomic E-state index is 8.62. The number of hydrogen-bond donors (Lipinski definition) is 1. The van der Waals surface area contributed by atoms with E-state index in [4.69, 9.17) is 9.68 Å². The molecule has 82 valence electrons. The van der Waals surface area contributed by atoms with Crippen LogP contribution in [0.4, 0.5) is 0 Å². The normalized spacial score (nSPS) is 12.2. The van der Waals surface area contributed by atoms with Crippen LogP contribution in [0.2, 0.25) is 0 Å². The summed E-state index contributed by atoms with van der Waals surface area (Å²) in [4.78, 5) is 1.30. The van der Waals surface area contributed by atoms with Crippen LogP contribution in [0.25, 0.3) is 0 Å². The topological polar surface area (TPSA) is 49.0 Å². The molecule has 0 fully saturated rings. The van der Waals surface area contributed by atoms with Crippen molar-refractivity contribution >= 4 is 11.3 Å². The first-order valence-electron chi connectivity index (χ1n) is 5.05. The summed E-state index contributed by atoms with van der Waals surface area (Å²) in [6.07, 6.45) is 0. The number of furan rings is 1. The first kappa shape index (κ1) is 10.9. The van der Waals surface area contributed by atoms with Crippen molar-refractivity contribution in [1.29, 1.82) is 5.26 Å². The highest BCUT2D eigenvalue weighted by atomic mass is 32.1. The second kappa shape index (κ2) is 4.97. The Balaban J connectivity index is 1.90. The molecule has 2 aromatic heterocycles. The van der Waals surface area contributed by atoms with E-state index in [-0.39, 0.29) is 0 Å². The van der Waals surface area contributed by atoms with Crippen LogP contribution >= 0.6 is 11.3 Å². The van der Waals surface area contributed by atoms with Gasteiger partial charge in [-0.05, 0) is 30.5 Å². The molecule has 16 heavy (non-hydrogen) atoms. The van der Waals surface area contributed by atoms with Crippen LogP contribution in [0.5, 0.6) is 0 Å². The Bertz CT molecular complexity index is 481. The van der Waals surface area contributed by atoms with Crippen LogP contribution in [0.1, 0.15) is 29.4 Å². The Morgan fingerprint density at radius 1 is 1.50 bits per heavy atom.